The van der Waals surface area contributed by atoms with Crippen molar-refractivity contribution in [2.45, 2.75) is 0 Å². The summed E-state index contributed by atoms with van der Waals surface area (Å²) in [7, 11) is 0. The van der Waals surface area contributed by atoms with Crippen molar-refractivity contribution in [2.75, 3.05) is 6.26 Å². The Hall–Kier alpha value is -2.58. The number of nitrogens with zero attached hydrogens (tertiary/aromatic N) is 2. The van der Waals surface area contributed by atoms with Crippen LogP contribution in [0, 0.1) is 11.5 Å². The van der Waals surface area contributed by atoms with Crippen LogP contribution in [0.4, 0.5) is 5.69 Å². The number of rotatable bonds is 3. The Balaban J connectivity index is 2.20. The Kier molecular flexibility index (Phi) is 5.13. The molecule has 2 aromatic carbocycles. The average molecular weight is 295 g/mol. The number of nitrogens with one attached hydrogen (secondary N) is 1. The van der Waals surface area contributed by atoms with Crippen molar-refractivity contribution < 1.29 is 4.79 Å². The van der Waals surface area contributed by atoms with E-state index in [2.05, 4.69) is 10.3 Å². The van der Waals surface area contributed by atoms with Gasteiger partial charge in [-0.15, -0.1) is 0 Å². The molecule has 0 heterocycles. The van der Waals surface area contributed by atoms with Gasteiger partial charge in [0.05, 0.1) is 5.69 Å². The molecule has 0 aliphatic carbocycles. The summed E-state index contributed by atoms with van der Waals surface area (Å²) in [6.07, 6.45) is 3.66. The predicted molar refractivity (Wildman–Crippen MR) is 85.7 cm³/mol. The van der Waals surface area contributed by atoms with Gasteiger partial charge >= 0.3 is 0 Å². The number of amidine groups is 1. The third kappa shape index (κ3) is 3.94. The molecule has 21 heavy (non-hydrogen) atoms. The maximum atomic E-state index is 12.2. The van der Waals surface area contributed by atoms with E-state index in [1.165, 1.54) is 11.8 Å². The summed E-state index contributed by atoms with van der Waals surface area (Å²) >= 11 is 1.35. The molecule has 0 radical (unpaired) electrons. The zero-order chi connectivity index (χ0) is 15.1. The van der Waals surface area contributed by atoms with E-state index in [9.17, 15) is 4.79 Å². The van der Waals surface area contributed by atoms with E-state index in [0.717, 1.165) is 0 Å². The molecule has 0 bridgehead atoms. The number of nitriles is 1. The van der Waals surface area contributed by atoms with Crippen LogP contribution in [-0.4, -0.2) is 17.2 Å². The largest absolute Gasteiger partial charge is 0.289 e. The molecule has 0 amide bonds. The highest BCUT2D eigenvalue weighted by molar-refractivity contribution is 8.13. The average Bonchev–Trinajstić information content (AvgIpc) is 2.55. The van der Waals surface area contributed by atoms with E-state index in [1.54, 1.807) is 36.4 Å². The first kappa shape index (κ1) is 14.8. The number of thioether (sulfide) groups is 1. The van der Waals surface area contributed by atoms with Crippen LogP contribution < -0.4 is 5.32 Å². The molecule has 0 saturated heterocycles. The van der Waals surface area contributed by atoms with Crippen molar-refractivity contribution in [3.63, 3.8) is 0 Å². The maximum absolute atomic E-state index is 12.2. The predicted octanol–water partition coefficient (Wildman–Crippen LogP) is 3.34. The van der Waals surface area contributed by atoms with Crippen LogP contribution in [0.2, 0.25) is 0 Å². The second-order valence-electron chi connectivity index (χ2n) is 4.10. The Morgan fingerprint density at radius 2 is 1.71 bits per heavy atom. The molecule has 4 nitrogen and oxygen atoms in total. The number of aliphatic imine (C=N–C) groups is 1. The molecule has 0 spiro atoms. The summed E-state index contributed by atoms with van der Waals surface area (Å²) in [4.78, 5) is 16.5. The first-order chi connectivity index (χ1) is 10.2. The van der Waals surface area contributed by atoms with E-state index in [1.807, 2.05) is 30.6 Å². The van der Waals surface area contributed by atoms with Gasteiger partial charge in [-0.2, -0.15) is 5.26 Å². The van der Waals surface area contributed by atoms with Crippen molar-refractivity contribution in [1.82, 2.24) is 5.32 Å². The van der Waals surface area contributed by atoms with Crippen molar-refractivity contribution in [3.8, 4) is 6.19 Å². The Morgan fingerprint density at radius 3 is 2.29 bits per heavy atom. The molecule has 0 saturated carbocycles. The lowest BCUT2D eigenvalue weighted by Gasteiger charge is -2.03. The van der Waals surface area contributed by atoms with Crippen LogP contribution >= 0.6 is 11.8 Å². The van der Waals surface area contributed by atoms with Crippen LogP contribution in [0.25, 0.3) is 0 Å². The van der Waals surface area contributed by atoms with Gasteiger partial charge in [0.1, 0.15) is 0 Å². The number of carbonyl (C=O) groups excluding carboxylic acids is 1. The molecule has 1 N–H and O–H groups in total. The third-order valence-corrected chi connectivity index (χ3v) is 3.33. The summed E-state index contributed by atoms with van der Waals surface area (Å²) in [5, 5.41) is 11.6. The molecule has 0 unspecified atom stereocenters. The summed E-state index contributed by atoms with van der Waals surface area (Å²) in [6.45, 7) is 0. The number of ketones is 1. The molecular formula is C16H13N3OS. The fourth-order valence-corrected chi connectivity index (χ4v) is 2.08. The Bertz CT molecular complexity index is 688. The minimum absolute atomic E-state index is 0.0219. The first-order valence-corrected chi connectivity index (χ1v) is 7.44. The maximum Gasteiger partial charge on any atom is 0.193 e. The fraction of sp³-hybridized carbons (Fsp3) is 0.0625. The third-order valence-electron chi connectivity index (χ3n) is 2.75. The van der Waals surface area contributed by atoms with Crippen molar-refractivity contribution in [2.24, 2.45) is 4.99 Å². The Morgan fingerprint density at radius 1 is 1.10 bits per heavy atom. The van der Waals surface area contributed by atoms with Gasteiger partial charge in [-0.25, -0.2) is 4.99 Å². The lowest BCUT2D eigenvalue weighted by Crippen LogP contribution is -2.12. The molecule has 0 atom stereocenters. The molecule has 0 aromatic heterocycles. The minimum atomic E-state index is -0.0219. The van der Waals surface area contributed by atoms with Crippen LogP contribution in [0.5, 0.6) is 0 Å². The summed E-state index contributed by atoms with van der Waals surface area (Å²) in [5.74, 6) is -0.0219. The zero-order valence-corrected chi connectivity index (χ0v) is 12.2. The highest BCUT2D eigenvalue weighted by atomic mass is 32.2. The van der Waals surface area contributed by atoms with Gasteiger partial charge in [0.2, 0.25) is 0 Å². The van der Waals surface area contributed by atoms with Gasteiger partial charge in [0.25, 0.3) is 0 Å². The normalized spacial score (nSPS) is 10.8. The second-order valence-corrected chi connectivity index (χ2v) is 4.89. The lowest BCUT2D eigenvalue weighted by molar-refractivity contribution is 0.103. The number of benzene rings is 2. The second kappa shape index (κ2) is 7.27. The van der Waals surface area contributed by atoms with Crippen LogP contribution in [0.3, 0.4) is 0 Å². The van der Waals surface area contributed by atoms with E-state index in [4.69, 9.17) is 5.26 Å². The smallest absolute Gasteiger partial charge is 0.193 e. The van der Waals surface area contributed by atoms with E-state index in [0.29, 0.717) is 22.0 Å². The fourth-order valence-electron chi connectivity index (χ4n) is 1.73. The van der Waals surface area contributed by atoms with Gasteiger partial charge in [-0.05, 0) is 30.5 Å². The molecule has 5 heteroatoms. The molecule has 2 aromatic rings. The SMILES string of the molecule is CSC(=Nc1ccc(C(=O)c2ccccc2)cc1)NC#N. The van der Waals surface area contributed by atoms with Crippen LogP contribution in [0.15, 0.2) is 59.6 Å². The van der Waals surface area contributed by atoms with E-state index in [-0.39, 0.29) is 5.78 Å². The van der Waals surface area contributed by atoms with Crippen molar-refractivity contribution in [1.29, 1.82) is 5.26 Å². The standard InChI is InChI=1S/C16H13N3OS/c1-21-16(18-11-17)19-14-9-7-13(8-10-14)15(20)12-5-3-2-4-6-12/h2-10H,1H3,(H,18,19). The van der Waals surface area contributed by atoms with Gasteiger partial charge in [0, 0.05) is 11.1 Å². The highest BCUT2D eigenvalue weighted by Gasteiger charge is 2.08. The molecule has 0 aliphatic rings. The van der Waals surface area contributed by atoms with Crippen molar-refractivity contribution in [3.05, 3.63) is 65.7 Å². The summed E-state index contributed by atoms with van der Waals surface area (Å²) in [6, 6.07) is 16.1. The van der Waals surface area contributed by atoms with Gasteiger partial charge in [0.15, 0.2) is 17.1 Å². The quantitative estimate of drug-likeness (QED) is 0.310. The van der Waals surface area contributed by atoms with Crippen molar-refractivity contribution >= 4 is 28.4 Å². The zero-order valence-electron chi connectivity index (χ0n) is 11.4. The number of carbonyl (C=O) groups is 1. The molecule has 2 rings (SSSR count). The molecular weight excluding hydrogens is 282 g/mol. The Labute approximate surface area is 127 Å². The topological polar surface area (TPSA) is 65.2 Å². The molecule has 0 fully saturated rings. The van der Waals surface area contributed by atoms with Crippen LogP contribution in [0.1, 0.15) is 15.9 Å². The first-order valence-electron chi connectivity index (χ1n) is 6.22. The monoisotopic (exact) mass is 295 g/mol. The van der Waals surface area contributed by atoms with E-state index >= 15 is 0 Å². The lowest BCUT2D eigenvalue weighted by atomic mass is 10.0. The molecule has 104 valence electrons. The highest BCUT2D eigenvalue weighted by Crippen LogP contribution is 2.17. The number of hydrogen-bond acceptors (Lipinski definition) is 4. The van der Waals surface area contributed by atoms with E-state index < -0.39 is 0 Å². The van der Waals surface area contributed by atoms with Gasteiger partial charge in [-0.1, -0.05) is 42.1 Å². The van der Waals surface area contributed by atoms with Crippen LogP contribution in [-0.2, 0) is 0 Å². The number of hydrogen-bond donors (Lipinski definition) is 1. The van der Waals surface area contributed by atoms with Gasteiger partial charge < -0.3 is 0 Å². The summed E-state index contributed by atoms with van der Waals surface area (Å²) < 4.78 is 0. The molecule has 0 aliphatic heterocycles. The van der Waals surface area contributed by atoms with Gasteiger partial charge in [-0.3, -0.25) is 10.1 Å². The summed E-state index contributed by atoms with van der Waals surface area (Å²) in [5.41, 5.74) is 1.95. The minimum Gasteiger partial charge on any atom is -0.289 e.